The molecule has 1 saturated heterocycles. The molecule has 0 unspecified atom stereocenters. The molecule has 1 aromatic carbocycles. The van der Waals surface area contributed by atoms with Crippen LogP contribution in [0.3, 0.4) is 0 Å². The number of nitriles is 1. The lowest BCUT2D eigenvalue weighted by atomic mass is 10.1. The highest BCUT2D eigenvalue weighted by Gasteiger charge is 2.20. The van der Waals surface area contributed by atoms with Crippen LogP contribution in [0.25, 0.3) is 0 Å². The van der Waals surface area contributed by atoms with E-state index in [1.807, 2.05) is 6.07 Å². The lowest BCUT2D eigenvalue weighted by molar-refractivity contribution is -0.127. The first-order chi connectivity index (χ1) is 11.6. The van der Waals surface area contributed by atoms with Gasteiger partial charge in [0.05, 0.1) is 24.9 Å². The molecule has 1 fully saturated rings. The van der Waals surface area contributed by atoms with E-state index >= 15 is 0 Å². The standard InChI is InChI=1S/C17H20ClN3O3/c1-23-15-9-14(16(24-2)8-13(15)18)20-11-12(10-19)17(22)21-6-4-3-5-7-21/h8-9,11,20H,3-7H2,1-2H3/b12-11-. The molecular formula is C17H20ClN3O3. The highest BCUT2D eigenvalue weighted by Crippen LogP contribution is 2.35. The molecule has 7 heteroatoms. The summed E-state index contributed by atoms with van der Waals surface area (Å²) in [7, 11) is 3.02. The highest BCUT2D eigenvalue weighted by molar-refractivity contribution is 6.32. The van der Waals surface area contributed by atoms with Crippen molar-refractivity contribution in [3.63, 3.8) is 0 Å². The van der Waals surface area contributed by atoms with Crippen molar-refractivity contribution in [2.45, 2.75) is 19.3 Å². The van der Waals surface area contributed by atoms with E-state index in [0.29, 0.717) is 35.3 Å². The predicted octanol–water partition coefficient (Wildman–Crippen LogP) is 3.19. The van der Waals surface area contributed by atoms with E-state index in [0.717, 1.165) is 19.3 Å². The van der Waals surface area contributed by atoms with Gasteiger partial charge in [0.25, 0.3) is 5.91 Å². The zero-order chi connectivity index (χ0) is 17.5. The van der Waals surface area contributed by atoms with E-state index in [2.05, 4.69) is 5.32 Å². The van der Waals surface area contributed by atoms with Gasteiger partial charge in [-0.2, -0.15) is 5.26 Å². The summed E-state index contributed by atoms with van der Waals surface area (Å²) in [4.78, 5) is 14.1. The molecule has 0 radical (unpaired) electrons. The van der Waals surface area contributed by atoms with Crippen LogP contribution in [0.5, 0.6) is 11.5 Å². The highest BCUT2D eigenvalue weighted by atomic mass is 35.5. The van der Waals surface area contributed by atoms with Crippen LogP contribution in [0.15, 0.2) is 23.9 Å². The number of anilines is 1. The van der Waals surface area contributed by atoms with Gasteiger partial charge in [0.15, 0.2) is 0 Å². The summed E-state index contributed by atoms with van der Waals surface area (Å²) in [6.07, 6.45) is 4.46. The minimum Gasteiger partial charge on any atom is -0.495 e. The molecule has 0 bridgehead atoms. The molecular weight excluding hydrogens is 330 g/mol. The first kappa shape index (κ1) is 18.0. The fourth-order valence-electron chi connectivity index (χ4n) is 2.53. The molecule has 0 spiro atoms. The summed E-state index contributed by atoms with van der Waals surface area (Å²) in [6.45, 7) is 1.38. The molecule has 1 N–H and O–H groups in total. The van der Waals surface area contributed by atoms with Crippen molar-refractivity contribution in [1.82, 2.24) is 4.90 Å². The Morgan fingerprint density at radius 2 is 1.92 bits per heavy atom. The number of hydrogen-bond donors (Lipinski definition) is 1. The van der Waals surface area contributed by atoms with Gasteiger partial charge < -0.3 is 19.7 Å². The van der Waals surface area contributed by atoms with Gasteiger partial charge >= 0.3 is 0 Å². The van der Waals surface area contributed by atoms with Gasteiger partial charge in [-0.3, -0.25) is 4.79 Å². The van der Waals surface area contributed by atoms with Crippen molar-refractivity contribution in [2.75, 3.05) is 32.6 Å². The normalized spacial score (nSPS) is 14.8. The second kappa shape index (κ2) is 8.46. The Morgan fingerprint density at radius 3 is 2.50 bits per heavy atom. The zero-order valence-corrected chi connectivity index (χ0v) is 14.5. The third-order valence-corrected chi connectivity index (χ3v) is 4.14. The number of amides is 1. The van der Waals surface area contributed by atoms with Crippen LogP contribution in [-0.4, -0.2) is 38.1 Å². The van der Waals surface area contributed by atoms with Crippen LogP contribution in [-0.2, 0) is 4.79 Å². The molecule has 0 aliphatic carbocycles. The Labute approximate surface area is 146 Å². The average molecular weight is 350 g/mol. The predicted molar refractivity (Wildman–Crippen MR) is 92.3 cm³/mol. The molecule has 1 aliphatic rings. The number of nitrogens with one attached hydrogen (secondary N) is 1. The van der Waals surface area contributed by atoms with E-state index in [4.69, 9.17) is 21.1 Å². The maximum absolute atomic E-state index is 12.4. The molecule has 0 aromatic heterocycles. The largest absolute Gasteiger partial charge is 0.495 e. The molecule has 0 atom stereocenters. The van der Waals surface area contributed by atoms with E-state index in [9.17, 15) is 10.1 Å². The molecule has 1 heterocycles. The molecule has 128 valence electrons. The van der Waals surface area contributed by atoms with E-state index in [1.165, 1.54) is 20.4 Å². The number of rotatable bonds is 5. The number of hydrogen-bond acceptors (Lipinski definition) is 5. The van der Waals surface area contributed by atoms with Crippen LogP contribution < -0.4 is 14.8 Å². The maximum Gasteiger partial charge on any atom is 0.266 e. The Kier molecular flexibility index (Phi) is 6.33. The monoisotopic (exact) mass is 349 g/mol. The van der Waals surface area contributed by atoms with Crippen molar-refractivity contribution >= 4 is 23.2 Å². The fraction of sp³-hybridized carbons (Fsp3) is 0.412. The van der Waals surface area contributed by atoms with E-state index in [1.54, 1.807) is 17.0 Å². The first-order valence-electron chi connectivity index (χ1n) is 7.68. The first-order valence-corrected chi connectivity index (χ1v) is 8.06. The number of halogens is 1. The molecule has 1 amide bonds. The minimum absolute atomic E-state index is 0.0490. The average Bonchev–Trinajstić information content (AvgIpc) is 2.63. The van der Waals surface area contributed by atoms with Crippen molar-refractivity contribution < 1.29 is 14.3 Å². The number of methoxy groups -OCH3 is 2. The van der Waals surface area contributed by atoms with Crippen molar-refractivity contribution in [3.8, 4) is 17.6 Å². The number of piperidine rings is 1. The summed E-state index contributed by atoms with van der Waals surface area (Å²) in [5, 5.41) is 12.6. The molecule has 2 rings (SSSR count). The second-order valence-corrected chi connectivity index (χ2v) is 5.76. The van der Waals surface area contributed by atoms with Gasteiger partial charge in [-0.1, -0.05) is 11.6 Å². The third kappa shape index (κ3) is 4.12. The Balaban J connectivity index is 2.21. The molecule has 0 saturated carbocycles. The lowest BCUT2D eigenvalue weighted by Gasteiger charge is -2.26. The SMILES string of the molecule is COc1cc(N/C=C(/C#N)C(=O)N2CCCCC2)c(OC)cc1Cl. The van der Waals surface area contributed by atoms with Crippen LogP contribution >= 0.6 is 11.6 Å². The zero-order valence-electron chi connectivity index (χ0n) is 13.8. The van der Waals surface area contributed by atoms with Gasteiger partial charge in [-0.05, 0) is 19.3 Å². The molecule has 24 heavy (non-hydrogen) atoms. The lowest BCUT2D eigenvalue weighted by Crippen LogP contribution is -2.36. The van der Waals surface area contributed by atoms with Crippen LogP contribution in [0.2, 0.25) is 5.02 Å². The summed E-state index contributed by atoms with van der Waals surface area (Å²) in [6, 6.07) is 5.21. The van der Waals surface area contributed by atoms with Gasteiger partial charge in [0.2, 0.25) is 0 Å². The van der Waals surface area contributed by atoms with Crippen molar-refractivity contribution in [1.29, 1.82) is 5.26 Å². The number of nitrogens with zero attached hydrogens (tertiary/aromatic N) is 2. The van der Waals surface area contributed by atoms with Gasteiger partial charge in [-0.15, -0.1) is 0 Å². The van der Waals surface area contributed by atoms with Crippen LogP contribution in [0.4, 0.5) is 5.69 Å². The smallest absolute Gasteiger partial charge is 0.266 e. The summed E-state index contributed by atoms with van der Waals surface area (Å²) < 4.78 is 10.4. The third-order valence-electron chi connectivity index (χ3n) is 3.84. The molecule has 1 aromatic rings. The Morgan fingerprint density at radius 1 is 1.25 bits per heavy atom. The van der Waals surface area contributed by atoms with Gasteiger partial charge in [-0.25, -0.2) is 0 Å². The van der Waals surface area contributed by atoms with E-state index < -0.39 is 0 Å². The summed E-state index contributed by atoms with van der Waals surface area (Å²) in [5.74, 6) is 0.693. The number of ether oxygens (including phenoxy) is 2. The fourth-order valence-corrected chi connectivity index (χ4v) is 2.76. The quantitative estimate of drug-likeness (QED) is 0.652. The van der Waals surface area contributed by atoms with Crippen LogP contribution in [0, 0.1) is 11.3 Å². The topological polar surface area (TPSA) is 74.6 Å². The van der Waals surface area contributed by atoms with Gasteiger partial charge in [0, 0.05) is 31.4 Å². The Bertz CT molecular complexity index is 676. The number of carbonyl (C=O) groups excluding carboxylic acids is 1. The summed E-state index contributed by atoms with van der Waals surface area (Å²) in [5.41, 5.74) is 0.603. The van der Waals surface area contributed by atoms with Crippen molar-refractivity contribution in [2.24, 2.45) is 0 Å². The van der Waals surface area contributed by atoms with E-state index in [-0.39, 0.29) is 11.5 Å². The van der Waals surface area contributed by atoms with Crippen molar-refractivity contribution in [3.05, 3.63) is 28.9 Å². The molecule has 6 nitrogen and oxygen atoms in total. The Hall–Kier alpha value is -2.39. The second-order valence-electron chi connectivity index (χ2n) is 5.35. The number of carbonyl (C=O) groups is 1. The minimum atomic E-state index is -0.260. The maximum atomic E-state index is 12.4. The number of likely N-dealkylation sites (tertiary alicyclic amines) is 1. The summed E-state index contributed by atoms with van der Waals surface area (Å²) >= 11 is 6.06. The number of benzene rings is 1. The van der Waals surface area contributed by atoms with Crippen LogP contribution in [0.1, 0.15) is 19.3 Å². The molecule has 1 aliphatic heterocycles. The van der Waals surface area contributed by atoms with Gasteiger partial charge in [0.1, 0.15) is 23.1 Å².